The molecule has 4 unspecified atom stereocenters. The Morgan fingerprint density at radius 3 is 2.55 bits per heavy atom. The number of hydrogen-bond acceptors (Lipinski definition) is 9. The van der Waals surface area contributed by atoms with Gasteiger partial charge in [0, 0.05) is 12.8 Å². The Balaban J connectivity index is 1.34. The molecule has 2 aromatic carbocycles. The number of hydrogen-bond donors (Lipinski definition) is 2. The molecule has 208 valence electrons. The van der Waals surface area contributed by atoms with Crippen LogP contribution in [-0.4, -0.2) is 68.2 Å². The number of fused-ring (bicyclic) bond motifs is 1. The number of aliphatic carboxylic acids is 1. The molecular formula is C27H25ClFN5O6. The number of methoxy groups -OCH3 is 1. The van der Waals surface area contributed by atoms with Gasteiger partial charge in [0.2, 0.25) is 5.28 Å². The molecule has 0 spiro atoms. The van der Waals surface area contributed by atoms with Crippen LogP contribution in [0, 0.1) is 0 Å². The summed E-state index contributed by atoms with van der Waals surface area (Å²) in [5.74, 6) is -2.61. The molecule has 0 aliphatic carbocycles. The molecule has 1 aliphatic rings. The molecule has 4 atom stereocenters. The number of anilines is 1. The molecule has 40 heavy (non-hydrogen) atoms. The molecule has 5 rings (SSSR count). The summed E-state index contributed by atoms with van der Waals surface area (Å²) >= 11 is 5.91. The van der Waals surface area contributed by atoms with E-state index in [0.29, 0.717) is 5.56 Å². The van der Waals surface area contributed by atoms with Crippen molar-refractivity contribution in [1.82, 2.24) is 19.5 Å². The maximum absolute atomic E-state index is 15.1. The third-order valence-corrected chi connectivity index (χ3v) is 6.88. The van der Waals surface area contributed by atoms with Gasteiger partial charge in [-0.3, -0.25) is 4.57 Å². The van der Waals surface area contributed by atoms with E-state index in [2.05, 4.69) is 15.0 Å². The van der Waals surface area contributed by atoms with E-state index in [0.717, 1.165) is 18.2 Å². The quantitative estimate of drug-likeness (QED) is 0.174. The van der Waals surface area contributed by atoms with Gasteiger partial charge < -0.3 is 25.1 Å². The maximum Gasteiger partial charge on any atom is 0.350 e. The lowest BCUT2D eigenvalue weighted by molar-refractivity contribution is -0.190. The number of rotatable bonds is 9. The molecular weight excluding hydrogens is 545 g/mol. The highest BCUT2D eigenvalue weighted by molar-refractivity contribution is 6.28. The number of carboxylic acids is 1. The van der Waals surface area contributed by atoms with Crippen molar-refractivity contribution in [3.05, 3.63) is 71.8 Å². The number of nitrogens with two attached hydrogens (primary N) is 1. The Labute approximate surface area is 232 Å². The molecule has 2 aromatic heterocycles. The van der Waals surface area contributed by atoms with E-state index in [1.807, 2.05) is 42.5 Å². The van der Waals surface area contributed by atoms with Crippen molar-refractivity contribution >= 4 is 40.5 Å². The summed E-state index contributed by atoms with van der Waals surface area (Å²) in [6, 6.07) is 16.7. The molecule has 4 aromatic rings. The van der Waals surface area contributed by atoms with E-state index in [1.165, 1.54) is 10.9 Å². The number of carbonyl (C=O) groups excluding carboxylic acids is 1. The highest BCUT2D eigenvalue weighted by Crippen LogP contribution is 2.35. The molecule has 0 bridgehead atoms. The first-order valence-electron chi connectivity index (χ1n) is 12.3. The Hall–Kier alpha value is -4.13. The lowest BCUT2D eigenvalue weighted by Gasteiger charge is -2.28. The number of aromatic nitrogens is 4. The van der Waals surface area contributed by atoms with Crippen LogP contribution in [0.5, 0.6) is 0 Å². The predicted octanol–water partition coefficient (Wildman–Crippen LogP) is 3.61. The normalized spacial score (nSPS) is 20.3. The average Bonchev–Trinajstić information content (AvgIpc) is 3.54. The van der Waals surface area contributed by atoms with Crippen molar-refractivity contribution in [2.45, 2.75) is 36.9 Å². The molecule has 1 aliphatic heterocycles. The second-order valence-corrected chi connectivity index (χ2v) is 9.61. The summed E-state index contributed by atoms with van der Waals surface area (Å²) in [6.45, 7) is -0.398. The third kappa shape index (κ3) is 5.20. The smallest absolute Gasteiger partial charge is 0.350 e. The fraction of sp³-hybridized carbons (Fsp3) is 0.296. The van der Waals surface area contributed by atoms with E-state index < -0.39 is 42.7 Å². The first-order valence-corrected chi connectivity index (χ1v) is 12.6. The van der Waals surface area contributed by atoms with Crippen molar-refractivity contribution in [2.24, 2.45) is 0 Å². The van der Waals surface area contributed by atoms with Crippen LogP contribution in [0.25, 0.3) is 22.3 Å². The van der Waals surface area contributed by atoms with Crippen LogP contribution < -0.4 is 5.73 Å². The van der Waals surface area contributed by atoms with Gasteiger partial charge in [0.25, 0.3) is 5.60 Å². The monoisotopic (exact) mass is 569 g/mol. The minimum absolute atomic E-state index is 0.0307. The zero-order chi connectivity index (χ0) is 28.4. The second kappa shape index (κ2) is 11.2. The molecule has 3 heterocycles. The lowest BCUT2D eigenvalue weighted by Crippen LogP contribution is -2.52. The summed E-state index contributed by atoms with van der Waals surface area (Å²) in [5.41, 5.74) is 6.29. The Kier molecular flexibility index (Phi) is 7.66. The van der Waals surface area contributed by atoms with Gasteiger partial charge in [-0.2, -0.15) is 9.97 Å². The van der Waals surface area contributed by atoms with Gasteiger partial charge >= 0.3 is 11.9 Å². The Morgan fingerprint density at radius 2 is 1.88 bits per heavy atom. The van der Waals surface area contributed by atoms with Gasteiger partial charge in [0.15, 0.2) is 17.7 Å². The summed E-state index contributed by atoms with van der Waals surface area (Å²) < 4.78 is 32.8. The number of ether oxygens (including phenoxy) is 3. The van der Waals surface area contributed by atoms with Crippen molar-refractivity contribution in [2.75, 3.05) is 19.5 Å². The van der Waals surface area contributed by atoms with Crippen LogP contribution >= 0.6 is 11.6 Å². The van der Waals surface area contributed by atoms with Crippen molar-refractivity contribution in [1.29, 1.82) is 0 Å². The number of carboxylic acid groups (broad SMARTS) is 1. The first kappa shape index (κ1) is 27.4. The number of imidazole rings is 1. The number of alkyl halides is 1. The SMILES string of the molecule is COC(=O)C(Cc1ccc(-c2ccccc2)cc1)(OCC1CC(F)C(n2cnc3c(N)nc(Cl)nc32)O1)C(=O)O. The first-order chi connectivity index (χ1) is 19.2. The summed E-state index contributed by atoms with van der Waals surface area (Å²) in [6.07, 6.45) is -2.73. The number of nitrogens with zero attached hydrogens (tertiary/aromatic N) is 4. The minimum atomic E-state index is -2.38. The standard InChI is InChI=1S/C27H25ClFN5O6/c1-38-25(37)27(24(35)36,12-15-7-9-17(10-8-15)16-5-3-2-4-6-16)39-13-18-11-19(29)23(40-18)34-14-31-20-21(30)32-26(28)33-22(20)34/h2-10,14,18-19,23H,11-13H2,1H3,(H,35,36)(H2,30,32,33). The van der Waals surface area contributed by atoms with Gasteiger partial charge in [0.05, 0.1) is 26.1 Å². The van der Waals surface area contributed by atoms with Crippen LogP contribution in [0.1, 0.15) is 18.2 Å². The highest BCUT2D eigenvalue weighted by Gasteiger charge is 2.50. The molecule has 11 nitrogen and oxygen atoms in total. The van der Waals surface area contributed by atoms with Gasteiger partial charge in [-0.05, 0) is 28.3 Å². The lowest BCUT2D eigenvalue weighted by atomic mass is 9.92. The minimum Gasteiger partial charge on any atom is -0.479 e. The van der Waals surface area contributed by atoms with Gasteiger partial charge in [-0.1, -0.05) is 54.6 Å². The van der Waals surface area contributed by atoms with Crippen molar-refractivity contribution in [3.8, 4) is 11.1 Å². The van der Waals surface area contributed by atoms with Crippen molar-refractivity contribution in [3.63, 3.8) is 0 Å². The Bertz CT molecular complexity index is 1540. The third-order valence-electron chi connectivity index (χ3n) is 6.71. The summed E-state index contributed by atoms with van der Waals surface area (Å²) in [4.78, 5) is 37.3. The molecule has 0 saturated carbocycles. The second-order valence-electron chi connectivity index (χ2n) is 9.28. The number of carbonyl (C=O) groups is 2. The van der Waals surface area contributed by atoms with Gasteiger partial charge in [-0.25, -0.2) is 19.0 Å². The number of esters is 1. The summed E-state index contributed by atoms with van der Waals surface area (Å²) in [7, 11) is 1.07. The van der Waals surface area contributed by atoms with Gasteiger partial charge in [0.1, 0.15) is 11.7 Å². The number of benzene rings is 2. The topological polar surface area (TPSA) is 152 Å². The van der Waals surface area contributed by atoms with E-state index >= 15 is 4.39 Å². The van der Waals surface area contributed by atoms with E-state index in [-0.39, 0.29) is 35.1 Å². The molecule has 13 heteroatoms. The fourth-order valence-electron chi connectivity index (χ4n) is 4.69. The zero-order valence-corrected chi connectivity index (χ0v) is 22.0. The number of halogens is 2. The van der Waals surface area contributed by atoms with Crippen molar-refractivity contribution < 1.29 is 33.3 Å². The Morgan fingerprint density at radius 1 is 1.18 bits per heavy atom. The molecule has 0 radical (unpaired) electrons. The van der Waals surface area contributed by atoms with Gasteiger partial charge in [-0.15, -0.1) is 0 Å². The van der Waals surface area contributed by atoms with E-state index in [9.17, 15) is 14.7 Å². The molecule has 1 fully saturated rings. The largest absolute Gasteiger partial charge is 0.479 e. The summed E-state index contributed by atoms with van der Waals surface area (Å²) in [5, 5.41) is 9.99. The van der Waals surface area contributed by atoms with Crippen LogP contribution in [0.3, 0.4) is 0 Å². The molecule has 1 saturated heterocycles. The predicted molar refractivity (Wildman–Crippen MR) is 142 cm³/mol. The van der Waals surface area contributed by atoms with Crippen LogP contribution in [0.15, 0.2) is 60.9 Å². The average molecular weight is 570 g/mol. The van der Waals surface area contributed by atoms with E-state index in [1.54, 1.807) is 12.1 Å². The van der Waals surface area contributed by atoms with Crippen LogP contribution in [0.4, 0.5) is 10.2 Å². The van der Waals surface area contributed by atoms with E-state index in [4.69, 9.17) is 31.5 Å². The molecule has 3 N–H and O–H groups in total. The number of nitrogen functional groups attached to an aromatic ring is 1. The molecule has 0 amide bonds. The zero-order valence-electron chi connectivity index (χ0n) is 21.2. The van der Waals surface area contributed by atoms with Crippen LogP contribution in [-0.2, 0) is 30.2 Å². The maximum atomic E-state index is 15.1. The fourth-order valence-corrected chi connectivity index (χ4v) is 4.86. The van der Waals surface area contributed by atoms with Crippen LogP contribution in [0.2, 0.25) is 5.28 Å². The highest BCUT2D eigenvalue weighted by atomic mass is 35.5.